The fraction of sp³-hybridized carbons (Fsp3) is 0.444. The second-order valence-electron chi connectivity index (χ2n) is 5.76. The predicted octanol–water partition coefficient (Wildman–Crippen LogP) is 5.87. The Labute approximate surface area is 185 Å². The van der Waals surface area contributed by atoms with E-state index in [1.54, 1.807) is 0 Å². The number of rotatable bonds is 8. The Kier molecular flexibility index (Phi) is 8.78. The van der Waals surface area contributed by atoms with E-state index in [-0.39, 0.29) is 10.2 Å². The van der Waals surface area contributed by atoms with Crippen LogP contribution in [0.25, 0.3) is 0 Å². The molecule has 0 radical (unpaired) electrons. The van der Waals surface area contributed by atoms with Crippen LogP contribution in [0.2, 0.25) is 0 Å². The highest BCUT2D eigenvalue weighted by Crippen LogP contribution is 2.54. The molecular formula is C18H20O3S6. The maximum Gasteiger partial charge on any atom is 0.211 e. The van der Waals surface area contributed by atoms with Gasteiger partial charge in [0.25, 0.3) is 0 Å². The molecule has 3 heterocycles. The van der Waals surface area contributed by atoms with E-state index in [1.165, 1.54) is 35.7 Å². The minimum absolute atomic E-state index is 0.0436. The van der Waals surface area contributed by atoms with Gasteiger partial charge in [-0.25, -0.2) is 0 Å². The number of carbonyl (C=O) groups is 2. The normalized spacial score (nSPS) is 27.6. The molecule has 1 aromatic rings. The summed E-state index contributed by atoms with van der Waals surface area (Å²) >= 11 is 10.2. The Balaban J connectivity index is 1.48. The van der Waals surface area contributed by atoms with Gasteiger partial charge in [-0.2, -0.15) is 0 Å². The minimum atomic E-state index is 0.0436. The molecule has 3 rings (SSSR count). The number of carbonyl (C=O) groups excluding carboxylic acids is 2. The van der Waals surface area contributed by atoms with Crippen molar-refractivity contribution >= 4 is 80.8 Å². The summed E-state index contributed by atoms with van der Waals surface area (Å²) in [6.07, 6.45) is 2.76. The largest absolute Gasteiger partial charge is 0.462 e. The molecule has 9 heteroatoms. The lowest BCUT2D eigenvalue weighted by Crippen LogP contribution is -2.06. The molecule has 4 atom stereocenters. The quantitative estimate of drug-likeness (QED) is 0.429. The summed E-state index contributed by atoms with van der Waals surface area (Å²) in [6.45, 7) is 7.03. The van der Waals surface area contributed by atoms with E-state index >= 15 is 0 Å². The number of furan rings is 1. The number of hydrogen-bond donors (Lipinski definition) is 0. The summed E-state index contributed by atoms with van der Waals surface area (Å²) in [6, 6.07) is 4.18. The van der Waals surface area contributed by atoms with Crippen molar-refractivity contribution in [1.29, 1.82) is 0 Å². The van der Waals surface area contributed by atoms with E-state index < -0.39 is 0 Å². The van der Waals surface area contributed by atoms with Crippen molar-refractivity contribution < 1.29 is 14.0 Å². The predicted molar refractivity (Wildman–Crippen MR) is 127 cm³/mol. The second kappa shape index (κ2) is 10.8. The van der Waals surface area contributed by atoms with Gasteiger partial charge in [0.15, 0.2) is 0 Å². The molecule has 0 saturated carbocycles. The highest BCUT2D eigenvalue weighted by atomic mass is 32.2. The molecule has 0 N–H and O–H groups in total. The smallest absolute Gasteiger partial charge is 0.211 e. The summed E-state index contributed by atoms with van der Waals surface area (Å²) in [5.74, 6) is 5.75. The van der Waals surface area contributed by atoms with Crippen molar-refractivity contribution in [2.45, 2.75) is 19.7 Å². The van der Waals surface area contributed by atoms with Crippen LogP contribution in [0.5, 0.6) is 0 Å². The van der Waals surface area contributed by atoms with Crippen LogP contribution in [-0.4, -0.2) is 43.7 Å². The average molecular weight is 477 g/mol. The van der Waals surface area contributed by atoms with E-state index in [2.05, 4.69) is 25.3 Å². The van der Waals surface area contributed by atoms with Gasteiger partial charge in [-0.1, -0.05) is 36.7 Å². The molecular weight excluding hydrogens is 457 g/mol. The fourth-order valence-electron chi connectivity index (χ4n) is 2.46. The number of hydrogen-bond acceptors (Lipinski definition) is 9. The van der Waals surface area contributed by atoms with E-state index in [1.807, 2.05) is 47.0 Å². The zero-order chi connectivity index (χ0) is 19.2. The van der Waals surface area contributed by atoms with Gasteiger partial charge in [0.05, 0.1) is 0 Å². The first-order chi connectivity index (χ1) is 13.1. The summed E-state index contributed by atoms with van der Waals surface area (Å²) in [5.41, 5.74) is 0. The molecule has 2 aliphatic rings. The SMILES string of the molecule is C=CC(=O)SCC1CSC(c2ccc(C3SCC(CSC(=O)C=C)S3)o2)S1. The van der Waals surface area contributed by atoms with Crippen LogP contribution in [0, 0.1) is 0 Å². The third-order valence-corrected chi connectivity index (χ3v) is 12.8. The lowest BCUT2D eigenvalue weighted by Gasteiger charge is -2.09. The first kappa shape index (κ1) is 21.9. The second-order valence-corrected chi connectivity index (χ2v) is 13.5. The minimum Gasteiger partial charge on any atom is -0.462 e. The monoisotopic (exact) mass is 476 g/mol. The molecule has 1 aromatic heterocycles. The molecule has 0 bridgehead atoms. The molecule has 0 spiro atoms. The summed E-state index contributed by atoms with van der Waals surface area (Å²) < 4.78 is 6.78. The molecule has 4 unspecified atom stereocenters. The van der Waals surface area contributed by atoms with Gasteiger partial charge in [-0.3, -0.25) is 9.59 Å². The van der Waals surface area contributed by atoms with Crippen LogP contribution in [0.3, 0.4) is 0 Å². The molecule has 3 nitrogen and oxygen atoms in total. The lowest BCUT2D eigenvalue weighted by molar-refractivity contribution is -0.107. The van der Waals surface area contributed by atoms with Gasteiger partial charge in [-0.05, 0) is 24.3 Å². The number of thioether (sulfide) groups is 6. The lowest BCUT2D eigenvalue weighted by atomic mass is 10.4. The Morgan fingerprint density at radius 3 is 1.81 bits per heavy atom. The van der Waals surface area contributed by atoms with Crippen molar-refractivity contribution in [3.63, 3.8) is 0 Å². The van der Waals surface area contributed by atoms with E-state index in [0.717, 1.165) is 34.5 Å². The van der Waals surface area contributed by atoms with E-state index in [9.17, 15) is 9.59 Å². The van der Waals surface area contributed by atoms with Gasteiger partial charge in [-0.15, -0.1) is 47.0 Å². The molecule has 2 saturated heterocycles. The standard InChI is InChI=1S/C18H20O3S6/c1-3-15(19)22-7-11-9-24-17(26-11)13-5-6-14(21-13)18-25-10-12(27-18)8-23-16(20)4-2/h3-6,11-12,17-18H,1-2,7-10H2. The van der Waals surface area contributed by atoms with Crippen LogP contribution in [0.4, 0.5) is 0 Å². The van der Waals surface area contributed by atoms with Crippen molar-refractivity contribution in [3.05, 3.63) is 49.0 Å². The Hall–Kier alpha value is 0.200. The third-order valence-electron chi connectivity index (χ3n) is 3.77. The van der Waals surface area contributed by atoms with E-state index in [4.69, 9.17) is 4.42 Å². The molecule has 0 amide bonds. The van der Waals surface area contributed by atoms with Gasteiger partial charge in [0, 0.05) is 33.5 Å². The molecule has 0 aromatic carbocycles. The van der Waals surface area contributed by atoms with Gasteiger partial charge < -0.3 is 4.42 Å². The molecule has 2 aliphatic heterocycles. The fourth-order valence-corrected chi connectivity index (χ4v) is 10.9. The topological polar surface area (TPSA) is 47.3 Å². The molecule has 27 heavy (non-hydrogen) atoms. The van der Waals surface area contributed by atoms with Gasteiger partial charge >= 0.3 is 0 Å². The van der Waals surface area contributed by atoms with Crippen molar-refractivity contribution in [2.75, 3.05) is 23.0 Å². The highest BCUT2D eigenvalue weighted by Gasteiger charge is 2.33. The zero-order valence-electron chi connectivity index (χ0n) is 14.5. The first-order valence-corrected chi connectivity index (χ1v) is 14.3. The van der Waals surface area contributed by atoms with Crippen LogP contribution < -0.4 is 0 Å². The third kappa shape index (κ3) is 6.34. The maximum atomic E-state index is 11.4. The first-order valence-electron chi connectivity index (χ1n) is 8.31. The van der Waals surface area contributed by atoms with Crippen LogP contribution in [0.15, 0.2) is 41.9 Å². The summed E-state index contributed by atoms with van der Waals surface area (Å²) in [7, 11) is 0. The van der Waals surface area contributed by atoms with Crippen LogP contribution in [-0.2, 0) is 9.59 Å². The molecule has 146 valence electrons. The molecule has 2 fully saturated rings. The van der Waals surface area contributed by atoms with Gasteiger partial charge in [0.1, 0.15) is 20.7 Å². The van der Waals surface area contributed by atoms with Crippen LogP contribution in [0.1, 0.15) is 20.7 Å². The van der Waals surface area contributed by atoms with Crippen LogP contribution >= 0.6 is 70.6 Å². The maximum absolute atomic E-state index is 11.4. The van der Waals surface area contributed by atoms with Crippen molar-refractivity contribution in [1.82, 2.24) is 0 Å². The van der Waals surface area contributed by atoms with E-state index in [0.29, 0.717) is 19.7 Å². The summed E-state index contributed by atoms with van der Waals surface area (Å²) in [4.78, 5) is 22.8. The average Bonchev–Trinajstić information content (AvgIpc) is 3.43. The highest BCUT2D eigenvalue weighted by molar-refractivity contribution is 8.21. The Morgan fingerprint density at radius 1 is 0.963 bits per heavy atom. The van der Waals surface area contributed by atoms with Crippen molar-refractivity contribution in [2.24, 2.45) is 0 Å². The zero-order valence-corrected chi connectivity index (χ0v) is 19.4. The Morgan fingerprint density at radius 2 is 1.41 bits per heavy atom. The van der Waals surface area contributed by atoms with Gasteiger partial charge in [0.2, 0.25) is 10.2 Å². The molecule has 0 aliphatic carbocycles. The summed E-state index contributed by atoms with van der Waals surface area (Å²) in [5, 5.41) is 1.01. The van der Waals surface area contributed by atoms with Crippen molar-refractivity contribution in [3.8, 4) is 0 Å². The Bertz CT molecular complexity index is 647.